The third-order valence-corrected chi connectivity index (χ3v) is 3.56. The monoisotopic (exact) mass is 284 g/mol. The van der Waals surface area contributed by atoms with Gasteiger partial charge in [-0.05, 0) is 53.1 Å². The molecule has 1 nitrogen and oxygen atoms in total. The minimum atomic E-state index is 1.07. The van der Waals surface area contributed by atoms with Crippen LogP contribution in [-0.2, 0) is 6.42 Å². The third kappa shape index (κ3) is 1.37. The molecule has 1 heterocycles. The van der Waals surface area contributed by atoms with Crippen molar-refractivity contribution in [3.63, 3.8) is 0 Å². The van der Waals surface area contributed by atoms with Crippen LogP contribution < -0.4 is 0 Å². The van der Waals surface area contributed by atoms with Crippen LogP contribution in [0.1, 0.15) is 18.1 Å². The van der Waals surface area contributed by atoms with Gasteiger partial charge in [-0.15, -0.1) is 0 Å². The summed E-state index contributed by atoms with van der Waals surface area (Å²) in [6.45, 7) is 6.18. The maximum atomic E-state index is 4.00. The van der Waals surface area contributed by atoms with E-state index in [1.54, 1.807) is 0 Å². The van der Waals surface area contributed by atoms with E-state index in [-0.39, 0.29) is 0 Å². The van der Waals surface area contributed by atoms with Crippen LogP contribution in [0.15, 0.2) is 18.3 Å². The van der Waals surface area contributed by atoms with E-state index in [1.807, 2.05) is 0 Å². The quantitative estimate of drug-likeness (QED) is 0.771. The summed E-state index contributed by atoms with van der Waals surface area (Å²) in [5, 5.41) is 1.34. The summed E-state index contributed by atoms with van der Waals surface area (Å²) in [6.07, 6.45) is 3.16. The first-order valence-electron chi connectivity index (χ1n) is 4.34. The van der Waals surface area contributed by atoms with Crippen LogP contribution >= 0.6 is 22.6 Å². The van der Waals surface area contributed by atoms with Crippen LogP contribution in [0.25, 0.3) is 10.9 Å². The van der Waals surface area contributed by atoms with E-state index in [4.69, 9.17) is 0 Å². The van der Waals surface area contributed by atoms with Crippen molar-refractivity contribution in [2.45, 2.75) is 13.3 Å². The Labute approximate surface area is 91.7 Å². The average molecular weight is 284 g/mol. The van der Waals surface area contributed by atoms with E-state index < -0.39 is 0 Å². The van der Waals surface area contributed by atoms with Crippen LogP contribution in [0.3, 0.4) is 0 Å². The van der Waals surface area contributed by atoms with Crippen molar-refractivity contribution in [3.05, 3.63) is 40.0 Å². The summed E-state index contributed by atoms with van der Waals surface area (Å²) in [4.78, 5) is 3.27. The summed E-state index contributed by atoms with van der Waals surface area (Å²) in [5.74, 6) is 0. The highest BCUT2D eigenvalue weighted by atomic mass is 127. The molecule has 0 aliphatic rings. The van der Waals surface area contributed by atoms with Gasteiger partial charge in [0.25, 0.3) is 0 Å². The Morgan fingerprint density at radius 2 is 2.23 bits per heavy atom. The lowest BCUT2D eigenvalue weighted by molar-refractivity contribution is 1.15. The van der Waals surface area contributed by atoms with Crippen molar-refractivity contribution in [3.8, 4) is 0 Å². The van der Waals surface area contributed by atoms with Gasteiger partial charge in [-0.25, -0.2) is 0 Å². The molecule has 0 atom stereocenters. The minimum Gasteiger partial charge on any atom is -0.361 e. The Morgan fingerprint density at radius 1 is 1.46 bits per heavy atom. The van der Waals surface area contributed by atoms with Gasteiger partial charge in [-0.3, -0.25) is 0 Å². The highest BCUT2D eigenvalue weighted by Gasteiger charge is 2.06. The molecular formula is C11H11IN. The van der Waals surface area contributed by atoms with E-state index >= 15 is 0 Å². The topological polar surface area (TPSA) is 15.8 Å². The molecule has 1 N–H and O–H groups in total. The Hall–Kier alpha value is -0.510. The van der Waals surface area contributed by atoms with Crippen LogP contribution in [0, 0.1) is 10.5 Å². The average Bonchev–Trinajstić information content (AvgIpc) is 2.55. The Morgan fingerprint density at radius 3 is 2.92 bits per heavy atom. The zero-order valence-electron chi connectivity index (χ0n) is 7.52. The molecule has 0 fully saturated rings. The zero-order valence-corrected chi connectivity index (χ0v) is 9.68. The van der Waals surface area contributed by atoms with Gasteiger partial charge in [0.2, 0.25) is 0 Å². The lowest BCUT2D eigenvalue weighted by atomic mass is 10.1. The zero-order chi connectivity index (χ0) is 9.42. The van der Waals surface area contributed by atoms with Crippen molar-refractivity contribution in [1.82, 2.24) is 4.98 Å². The Bertz CT molecular complexity index is 443. The second-order valence-electron chi connectivity index (χ2n) is 3.13. The highest BCUT2D eigenvalue weighted by molar-refractivity contribution is 14.1. The molecule has 0 saturated carbocycles. The number of hydrogen-bond donors (Lipinski definition) is 1. The molecule has 0 saturated heterocycles. The number of aromatic nitrogens is 1. The Balaban J connectivity index is 2.85. The first-order valence-corrected chi connectivity index (χ1v) is 5.42. The predicted octanol–water partition coefficient (Wildman–Crippen LogP) is 3.52. The normalized spacial score (nSPS) is 11.0. The van der Waals surface area contributed by atoms with E-state index in [9.17, 15) is 0 Å². The molecule has 13 heavy (non-hydrogen) atoms. The third-order valence-electron chi connectivity index (χ3n) is 2.33. The first-order chi connectivity index (χ1) is 6.24. The predicted molar refractivity (Wildman–Crippen MR) is 64.9 cm³/mol. The van der Waals surface area contributed by atoms with Crippen molar-refractivity contribution < 1.29 is 0 Å². The molecular weight excluding hydrogens is 273 g/mol. The van der Waals surface area contributed by atoms with E-state index in [0.29, 0.717) is 0 Å². The number of hydrogen-bond acceptors (Lipinski definition) is 0. The van der Waals surface area contributed by atoms with Gasteiger partial charge in [0, 0.05) is 20.7 Å². The molecule has 1 radical (unpaired) electrons. The van der Waals surface area contributed by atoms with Crippen LogP contribution in [-0.4, -0.2) is 4.98 Å². The number of aryl methyl sites for hydroxylation is 1. The van der Waals surface area contributed by atoms with E-state index in [0.717, 1.165) is 12.0 Å². The number of fused-ring (bicyclic) bond motifs is 1. The van der Waals surface area contributed by atoms with Gasteiger partial charge in [0.15, 0.2) is 0 Å². The maximum Gasteiger partial charge on any atom is 0.0467 e. The van der Waals surface area contributed by atoms with Crippen molar-refractivity contribution in [1.29, 1.82) is 0 Å². The first kappa shape index (κ1) is 9.06. The van der Waals surface area contributed by atoms with Gasteiger partial charge < -0.3 is 4.98 Å². The van der Waals surface area contributed by atoms with Crippen LogP contribution in [0.5, 0.6) is 0 Å². The number of rotatable bonds is 1. The molecule has 1 aromatic carbocycles. The van der Waals surface area contributed by atoms with Gasteiger partial charge in [0.1, 0.15) is 0 Å². The molecule has 0 aliphatic heterocycles. The van der Waals surface area contributed by atoms with Crippen molar-refractivity contribution in [2.75, 3.05) is 0 Å². The largest absolute Gasteiger partial charge is 0.361 e. The minimum absolute atomic E-state index is 1.07. The molecule has 0 bridgehead atoms. The van der Waals surface area contributed by atoms with Crippen LogP contribution in [0.2, 0.25) is 0 Å². The summed E-state index contributed by atoms with van der Waals surface area (Å²) >= 11 is 2.37. The maximum absolute atomic E-state index is 4.00. The van der Waals surface area contributed by atoms with Crippen LogP contribution in [0.4, 0.5) is 0 Å². The van der Waals surface area contributed by atoms with Gasteiger partial charge in [-0.1, -0.05) is 13.0 Å². The number of nitrogens with one attached hydrogen (secondary N) is 1. The lowest BCUT2D eigenvalue weighted by Gasteiger charge is -2.01. The second-order valence-corrected chi connectivity index (χ2v) is 4.21. The summed E-state index contributed by atoms with van der Waals surface area (Å²) in [5.41, 5.74) is 3.71. The molecule has 2 rings (SSSR count). The Kier molecular flexibility index (Phi) is 2.32. The van der Waals surface area contributed by atoms with E-state index in [2.05, 4.69) is 59.8 Å². The summed E-state index contributed by atoms with van der Waals surface area (Å²) < 4.78 is 1.27. The summed E-state index contributed by atoms with van der Waals surface area (Å²) in [7, 11) is 0. The molecule has 0 unspecified atom stereocenters. The number of H-pyrrole nitrogens is 1. The molecule has 0 spiro atoms. The summed E-state index contributed by atoms with van der Waals surface area (Å²) in [6, 6.07) is 4.15. The number of benzene rings is 1. The van der Waals surface area contributed by atoms with Crippen molar-refractivity contribution >= 4 is 33.5 Å². The lowest BCUT2D eigenvalue weighted by Crippen LogP contribution is -1.84. The van der Waals surface area contributed by atoms with E-state index in [1.165, 1.54) is 20.0 Å². The van der Waals surface area contributed by atoms with Gasteiger partial charge in [0.05, 0.1) is 0 Å². The smallest absolute Gasteiger partial charge is 0.0467 e. The van der Waals surface area contributed by atoms with Gasteiger partial charge in [-0.2, -0.15) is 0 Å². The van der Waals surface area contributed by atoms with Gasteiger partial charge >= 0.3 is 0 Å². The fourth-order valence-electron chi connectivity index (χ4n) is 1.57. The molecule has 2 aromatic rings. The molecule has 0 aliphatic carbocycles. The SMILES string of the molecule is [CH2]c1ccc2[nH]cc(CC)c2c1I. The fourth-order valence-corrected chi connectivity index (χ4v) is 2.39. The number of halogens is 1. The molecule has 0 amide bonds. The standard InChI is InChI=1S/C11H11IN/c1-3-8-6-13-9-5-4-7(2)11(12)10(8)9/h4-6,13H,2-3H2,1H3. The fraction of sp³-hybridized carbons (Fsp3) is 0.182. The molecule has 2 heteroatoms. The second kappa shape index (κ2) is 3.33. The molecule has 67 valence electrons. The molecule has 1 aromatic heterocycles. The van der Waals surface area contributed by atoms with Crippen molar-refractivity contribution in [2.24, 2.45) is 0 Å². The number of aromatic amines is 1. The highest BCUT2D eigenvalue weighted by Crippen LogP contribution is 2.26.